The molecule has 5 heteroatoms. The molecule has 0 radical (unpaired) electrons. The Morgan fingerprint density at radius 3 is 2.23 bits per heavy atom. The molecule has 2 unspecified atom stereocenters. The quantitative estimate of drug-likeness (QED) is 0.402. The van der Waals surface area contributed by atoms with Crippen molar-refractivity contribution < 1.29 is 25.2 Å². The van der Waals surface area contributed by atoms with Crippen molar-refractivity contribution in [1.82, 2.24) is 0 Å². The van der Waals surface area contributed by atoms with E-state index in [0.29, 0.717) is 12.3 Å². The standard InChI is InChI=1S/C30H48O5/c1-25(2)11-13-30(24(34)35)14-12-28(5)18(19(30)15-25)7-8-22-26(3)16-20(32)23(33)27(4,17-31)21(26)9-10-29(22,28)6/h7,19-23,31-33H,8-17H2,1-6H3,(H,34,35)/t19-,20?,21+,22+,23?,26+,27-,28-,29-,30+/m1/s1. The van der Waals surface area contributed by atoms with Crippen LogP contribution in [0.4, 0.5) is 0 Å². The third-order valence-electron chi connectivity index (χ3n) is 13.2. The van der Waals surface area contributed by atoms with Crippen LogP contribution >= 0.6 is 0 Å². The summed E-state index contributed by atoms with van der Waals surface area (Å²) in [5.41, 5.74) is -0.0632. The Balaban J connectivity index is 1.61. The number of hydrogen-bond acceptors (Lipinski definition) is 4. The molecular formula is C30H48O5. The first-order valence-electron chi connectivity index (χ1n) is 14.0. The van der Waals surface area contributed by atoms with Crippen molar-refractivity contribution in [2.24, 2.45) is 50.2 Å². The number of carboxylic acid groups (broad SMARTS) is 1. The predicted molar refractivity (Wildman–Crippen MR) is 135 cm³/mol. The molecule has 4 saturated carbocycles. The number of aliphatic hydroxyl groups excluding tert-OH is 3. The molecule has 5 rings (SSSR count). The summed E-state index contributed by atoms with van der Waals surface area (Å²) >= 11 is 0. The number of aliphatic hydroxyl groups is 3. The molecule has 0 aromatic carbocycles. The zero-order chi connectivity index (χ0) is 25.8. The van der Waals surface area contributed by atoms with E-state index < -0.39 is 29.0 Å². The molecule has 5 nitrogen and oxygen atoms in total. The van der Waals surface area contributed by atoms with Crippen LogP contribution < -0.4 is 0 Å². The Bertz CT molecular complexity index is 941. The van der Waals surface area contributed by atoms with Crippen LogP contribution in [0.2, 0.25) is 0 Å². The molecule has 0 amide bonds. The van der Waals surface area contributed by atoms with Crippen molar-refractivity contribution in [2.75, 3.05) is 6.61 Å². The summed E-state index contributed by atoms with van der Waals surface area (Å²) in [6, 6.07) is 0. The van der Waals surface area contributed by atoms with Gasteiger partial charge >= 0.3 is 5.97 Å². The number of rotatable bonds is 2. The van der Waals surface area contributed by atoms with Gasteiger partial charge in [0.15, 0.2) is 0 Å². The maximum atomic E-state index is 12.8. The Labute approximate surface area is 211 Å². The fourth-order valence-corrected chi connectivity index (χ4v) is 10.8. The number of carboxylic acids is 1. The lowest BCUT2D eigenvalue weighted by Crippen LogP contribution is -2.68. The molecule has 4 N–H and O–H groups in total. The van der Waals surface area contributed by atoms with E-state index in [1.807, 2.05) is 6.92 Å². The number of carbonyl (C=O) groups is 1. The highest BCUT2D eigenvalue weighted by Gasteiger charge is 2.70. The summed E-state index contributed by atoms with van der Waals surface area (Å²) in [6.45, 7) is 13.6. The molecule has 0 saturated heterocycles. The van der Waals surface area contributed by atoms with Gasteiger partial charge in [-0.15, -0.1) is 0 Å². The van der Waals surface area contributed by atoms with Gasteiger partial charge in [-0.05, 0) is 97.2 Å². The average Bonchev–Trinajstić information content (AvgIpc) is 2.77. The topological polar surface area (TPSA) is 98.0 Å². The van der Waals surface area contributed by atoms with Crippen molar-refractivity contribution in [2.45, 2.75) is 112 Å². The van der Waals surface area contributed by atoms with Gasteiger partial charge in [-0.1, -0.05) is 53.2 Å². The number of fused-ring (bicyclic) bond motifs is 7. The van der Waals surface area contributed by atoms with Crippen LogP contribution in [0.5, 0.6) is 0 Å². The third-order valence-corrected chi connectivity index (χ3v) is 13.2. The van der Waals surface area contributed by atoms with E-state index in [-0.39, 0.29) is 40.1 Å². The highest BCUT2D eigenvalue weighted by Crippen LogP contribution is 2.75. The largest absolute Gasteiger partial charge is 0.481 e. The average molecular weight is 489 g/mol. The van der Waals surface area contributed by atoms with Crippen LogP contribution in [0, 0.1) is 50.2 Å². The van der Waals surface area contributed by atoms with Crippen LogP contribution in [-0.2, 0) is 4.79 Å². The first kappa shape index (κ1) is 25.7. The van der Waals surface area contributed by atoms with Crippen molar-refractivity contribution in [3.8, 4) is 0 Å². The molecule has 0 spiro atoms. The molecule has 10 atom stereocenters. The minimum Gasteiger partial charge on any atom is -0.481 e. The van der Waals surface area contributed by atoms with Gasteiger partial charge in [-0.2, -0.15) is 0 Å². The van der Waals surface area contributed by atoms with Crippen LogP contribution in [0.15, 0.2) is 11.6 Å². The van der Waals surface area contributed by atoms with E-state index in [9.17, 15) is 25.2 Å². The fraction of sp³-hybridized carbons (Fsp3) is 0.900. The number of allylic oxidation sites excluding steroid dienone is 2. The first-order chi connectivity index (χ1) is 16.1. The van der Waals surface area contributed by atoms with E-state index in [4.69, 9.17) is 0 Å². The van der Waals surface area contributed by atoms with Gasteiger partial charge in [0, 0.05) is 5.41 Å². The fourth-order valence-electron chi connectivity index (χ4n) is 10.8. The third kappa shape index (κ3) is 3.07. The lowest BCUT2D eigenvalue weighted by atomic mass is 9.33. The number of aliphatic carboxylic acids is 1. The number of hydrogen-bond donors (Lipinski definition) is 4. The van der Waals surface area contributed by atoms with Gasteiger partial charge in [0.25, 0.3) is 0 Å². The minimum atomic E-state index is -0.907. The molecule has 35 heavy (non-hydrogen) atoms. The molecule has 5 aliphatic carbocycles. The Morgan fingerprint density at radius 1 is 0.943 bits per heavy atom. The van der Waals surface area contributed by atoms with Gasteiger partial charge in [-0.3, -0.25) is 4.79 Å². The van der Waals surface area contributed by atoms with E-state index in [1.54, 1.807) is 0 Å². The summed E-state index contributed by atoms with van der Waals surface area (Å²) in [5.74, 6) is -0.0472. The van der Waals surface area contributed by atoms with Gasteiger partial charge in [-0.25, -0.2) is 0 Å². The van der Waals surface area contributed by atoms with Crippen LogP contribution in [0.1, 0.15) is 99.3 Å². The zero-order valence-electron chi connectivity index (χ0n) is 22.7. The highest BCUT2D eigenvalue weighted by molar-refractivity contribution is 5.76. The van der Waals surface area contributed by atoms with Crippen LogP contribution in [0.3, 0.4) is 0 Å². The smallest absolute Gasteiger partial charge is 0.310 e. The summed E-state index contributed by atoms with van der Waals surface area (Å²) in [7, 11) is 0. The van der Waals surface area contributed by atoms with E-state index in [2.05, 4.69) is 40.7 Å². The van der Waals surface area contributed by atoms with E-state index >= 15 is 0 Å². The minimum absolute atomic E-state index is 0.00698. The normalized spacial score (nSPS) is 55.0. The monoisotopic (exact) mass is 488 g/mol. The molecule has 0 bridgehead atoms. The summed E-state index contributed by atoms with van der Waals surface area (Å²) in [4.78, 5) is 12.8. The van der Waals surface area contributed by atoms with Crippen molar-refractivity contribution in [3.63, 3.8) is 0 Å². The lowest BCUT2D eigenvalue weighted by molar-refractivity contribution is -0.243. The SMILES string of the molecule is CC1(C)CC[C@]2(C(=O)O)CC[C@]3(C)C(=CC[C@H]4[C@@]5(C)CC(O)C(O)[C@](C)(CO)[C@H]5CC[C@]43C)[C@H]2C1. The second kappa shape index (κ2) is 7.57. The highest BCUT2D eigenvalue weighted by atomic mass is 16.4. The zero-order valence-corrected chi connectivity index (χ0v) is 22.7. The molecular weight excluding hydrogens is 440 g/mol. The van der Waals surface area contributed by atoms with Gasteiger partial charge in [0.1, 0.15) is 0 Å². The van der Waals surface area contributed by atoms with Crippen molar-refractivity contribution >= 4 is 5.97 Å². The maximum Gasteiger partial charge on any atom is 0.310 e. The van der Waals surface area contributed by atoms with Gasteiger partial charge in [0.05, 0.1) is 24.2 Å². The van der Waals surface area contributed by atoms with Crippen LogP contribution in [-0.4, -0.2) is 45.2 Å². The predicted octanol–water partition coefficient (Wildman–Crippen LogP) is 5.18. The second-order valence-electron chi connectivity index (χ2n) is 15.1. The van der Waals surface area contributed by atoms with Crippen molar-refractivity contribution in [1.29, 1.82) is 0 Å². The summed E-state index contributed by atoms with van der Waals surface area (Å²) in [5, 5.41) is 42.8. The summed E-state index contributed by atoms with van der Waals surface area (Å²) in [6.07, 6.45) is 8.40. The second-order valence-corrected chi connectivity index (χ2v) is 15.1. The Hall–Kier alpha value is -0.910. The van der Waals surface area contributed by atoms with Crippen LogP contribution in [0.25, 0.3) is 0 Å². The Kier molecular flexibility index (Phi) is 5.56. The lowest BCUT2D eigenvalue weighted by Gasteiger charge is -2.71. The molecule has 4 fully saturated rings. The molecule has 0 aromatic heterocycles. The van der Waals surface area contributed by atoms with Gasteiger partial charge < -0.3 is 20.4 Å². The molecule has 5 aliphatic rings. The summed E-state index contributed by atoms with van der Waals surface area (Å²) < 4.78 is 0. The molecule has 0 aliphatic heterocycles. The van der Waals surface area contributed by atoms with E-state index in [1.165, 1.54) is 5.57 Å². The molecule has 0 heterocycles. The first-order valence-corrected chi connectivity index (χ1v) is 14.0. The van der Waals surface area contributed by atoms with E-state index in [0.717, 1.165) is 51.4 Å². The van der Waals surface area contributed by atoms with Crippen molar-refractivity contribution in [3.05, 3.63) is 11.6 Å². The Morgan fingerprint density at radius 2 is 1.60 bits per heavy atom. The maximum absolute atomic E-state index is 12.8. The molecule has 198 valence electrons. The molecule has 0 aromatic rings. The van der Waals surface area contributed by atoms with Gasteiger partial charge in [0.2, 0.25) is 0 Å².